The Labute approximate surface area is 123 Å². The van der Waals surface area contributed by atoms with Crippen LogP contribution in [-0.4, -0.2) is 30.3 Å². The quantitative estimate of drug-likeness (QED) is 0.783. The van der Waals surface area contributed by atoms with Crippen molar-refractivity contribution in [2.75, 3.05) is 19.6 Å². The summed E-state index contributed by atoms with van der Waals surface area (Å²) in [6, 6.07) is 0. The fourth-order valence-corrected chi connectivity index (χ4v) is 7.07. The second-order valence-electron chi connectivity index (χ2n) is 9.32. The highest BCUT2D eigenvalue weighted by atomic mass is 16.1. The molecule has 2 atom stereocenters. The molecule has 0 unspecified atom stereocenters. The zero-order chi connectivity index (χ0) is 14.0. The van der Waals surface area contributed by atoms with Crippen LogP contribution >= 0.6 is 0 Å². The molecule has 0 aromatic rings. The Balaban J connectivity index is 1.58. The molecule has 112 valence electrons. The molecule has 5 rings (SSSR count). The Morgan fingerprint density at radius 3 is 2.15 bits per heavy atom. The van der Waals surface area contributed by atoms with Gasteiger partial charge in [0.25, 0.3) is 0 Å². The third-order valence-corrected chi connectivity index (χ3v) is 6.78. The average molecular weight is 275 g/mol. The molecule has 0 aromatic carbocycles. The number of carbonyl (C=O) groups is 1. The molecule has 5 aliphatic rings. The topological polar surface area (TPSA) is 20.3 Å². The Hall–Kier alpha value is -0.370. The monoisotopic (exact) mass is 275 g/mol. The van der Waals surface area contributed by atoms with E-state index in [0.717, 1.165) is 25.6 Å². The third kappa shape index (κ3) is 1.98. The molecule has 5 fully saturated rings. The lowest BCUT2D eigenvalue weighted by Crippen LogP contribution is -2.58. The lowest BCUT2D eigenvalue weighted by Gasteiger charge is -2.65. The summed E-state index contributed by atoms with van der Waals surface area (Å²) in [5.41, 5.74) is 0.995. The maximum Gasteiger partial charge on any atom is 0.153 e. The summed E-state index contributed by atoms with van der Waals surface area (Å²) in [5, 5.41) is 0. The van der Waals surface area contributed by atoms with E-state index in [9.17, 15) is 4.79 Å². The summed E-state index contributed by atoms with van der Waals surface area (Å²) in [5.74, 6) is 1.43. The molecular weight excluding hydrogens is 246 g/mol. The van der Waals surface area contributed by atoms with Crippen molar-refractivity contribution in [1.29, 1.82) is 0 Å². The first-order valence-corrected chi connectivity index (χ1v) is 8.66. The van der Waals surface area contributed by atoms with Gasteiger partial charge in [0.2, 0.25) is 0 Å². The number of carbonyl (C=O) groups excluding carboxylic acids is 1. The van der Waals surface area contributed by atoms with Crippen molar-refractivity contribution in [2.24, 2.45) is 22.2 Å². The number of hydrogen-bond acceptors (Lipinski definition) is 2. The van der Waals surface area contributed by atoms with Gasteiger partial charge in [-0.1, -0.05) is 13.8 Å². The van der Waals surface area contributed by atoms with E-state index in [1.165, 1.54) is 51.4 Å². The van der Waals surface area contributed by atoms with Crippen molar-refractivity contribution in [2.45, 2.75) is 65.2 Å². The minimum Gasteiger partial charge on any atom is -0.298 e. The SMILES string of the molecule is C[C@]12CC3CC(C(=O)CN4CCCC4)(C1)C[C@](C)(C3)C2. The number of rotatable bonds is 3. The molecule has 2 heteroatoms. The standard InChI is InChI=1S/C18H29NO/c1-16-7-14-8-17(2,11-16)13-18(9-14,12-16)15(20)10-19-5-3-4-6-19/h14H,3-13H2,1-2H3/t14?,16-,17-,18?/m1/s1. The fraction of sp³-hybridized carbons (Fsp3) is 0.944. The molecule has 0 aromatic heterocycles. The summed E-state index contributed by atoms with van der Waals surface area (Å²) in [6.45, 7) is 7.99. The van der Waals surface area contributed by atoms with Crippen LogP contribution in [0.5, 0.6) is 0 Å². The Morgan fingerprint density at radius 1 is 1.00 bits per heavy atom. The van der Waals surface area contributed by atoms with Gasteiger partial charge in [-0.2, -0.15) is 0 Å². The van der Waals surface area contributed by atoms with E-state index < -0.39 is 0 Å². The van der Waals surface area contributed by atoms with Crippen molar-refractivity contribution < 1.29 is 4.79 Å². The highest BCUT2D eigenvalue weighted by Crippen LogP contribution is 2.69. The lowest BCUT2D eigenvalue weighted by molar-refractivity contribution is -0.168. The first kappa shape index (κ1) is 13.3. The highest BCUT2D eigenvalue weighted by molar-refractivity contribution is 5.87. The van der Waals surface area contributed by atoms with Crippen LogP contribution in [0.1, 0.15) is 65.2 Å². The van der Waals surface area contributed by atoms with Gasteiger partial charge in [0.1, 0.15) is 0 Å². The van der Waals surface area contributed by atoms with Gasteiger partial charge in [-0.3, -0.25) is 9.69 Å². The Morgan fingerprint density at radius 2 is 1.60 bits per heavy atom. The second kappa shape index (κ2) is 4.09. The molecule has 0 amide bonds. The minimum atomic E-state index is 0.0610. The number of likely N-dealkylation sites (tertiary alicyclic amines) is 1. The normalized spacial score (nSPS) is 50.8. The van der Waals surface area contributed by atoms with Gasteiger partial charge in [-0.15, -0.1) is 0 Å². The van der Waals surface area contributed by atoms with Crippen molar-refractivity contribution in [1.82, 2.24) is 4.90 Å². The van der Waals surface area contributed by atoms with Crippen molar-refractivity contribution >= 4 is 5.78 Å². The van der Waals surface area contributed by atoms with Gasteiger partial charge in [0, 0.05) is 5.41 Å². The Bertz CT molecular complexity index is 419. The average Bonchev–Trinajstić information content (AvgIpc) is 2.76. The lowest BCUT2D eigenvalue weighted by atomic mass is 9.39. The third-order valence-electron chi connectivity index (χ3n) is 6.78. The number of Topliss-reactive ketones (excluding diaryl/α,β-unsaturated/α-hetero) is 1. The summed E-state index contributed by atoms with van der Waals surface area (Å²) in [7, 11) is 0. The maximum absolute atomic E-state index is 13.1. The summed E-state index contributed by atoms with van der Waals surface area (Å²) >= 11 is 0. The van der Waals surface area contributed by atoms with Crippen LogP contribution in [0.4, 0.5) is 0 Å². The van der Waals surface area contributed by atoms with E-state index in [1.807, 2.05) is 0 Å². The van der Waals surface area contributed by atoms with E-state index in [2.05, 4.69) is 18.7 Å². The molecule has 20 heavy (non-hydrogen) atoms. The van der Waals surface area contributed by atoms with Crippen LogP contribution in [0.3, 0.4) is 0 Å². The molecular formula is C18H29NO. The summed E-state index contributed by atoms with van der Waals surface area (Å²) < 4.78 is 0. The van der Waals surface area contributed by atoms with E-state index in [4.69, 9.17) is 0 Å². The smallest absolute Gasteiger partial charge is 0.153 e. The van der Waals surface area contributed by atoms with Gasteiger partial charge in [-0.25, -0.2) is 0 Å². The van der Waals surface area contributed by atoms with E-state index in [-0.39, 0.29) is 5.41 Å². The van der Waals surface area contributed by atoms with Crippen LogP contribution in [0, 0.1) is 22.2 Å². The van der Waals surface area contributed by atoms with E-state index >= 15 is 0 Å². The first-order chi connectivity index (χ1) is 9.41. The molecule has 1 aliphatic heterocycles. The Kier molecular flexibility index (Phi) is 2.72. The van der Waals surface area contributed by atoms with Crippen LogP contribution < -0.4 is 0 Å². The summed E-state index contributed by atoms with van der Waals surface area (Å²) in [4.78, 5) is 15.5. The van der Waals surface area contributed by atoms with Crippen LogP contribution in [-0.2, 0) is 4.79 Å². The van der Waals surface area contributed by atoms with Gasteiger partial charge < -0.3 is 0 Å². The van der Waals surface area contributed by atoms with Crippen molar-refractivity contribution in [3.05, 3.63) is 0 Å². The molecule has 4 saturated carbocycles. The molecule has 2 nitrogen and oxygen atoms in total. The second-order valence-corrected chi connectivity index (χ2v) is 9.32. The van der Waals surface area contributed by atoms with Gasteiger partial charge in [-0.05, 0) is 81.2 Å². The maximum atomic E-state index is 13.1. The van der Waals surface area contributed by atoms with E-state index in [1.54, 1.807) is 0 Å². The summed E-state index contributed by atoms with van der Waals surface area (Å²) in [6.07, 6.45) is 10.3. The zero-order valence-corrected chi connectivity index (χ0v) is 13.2. The minimum absolute atomic E-state index is 0.0610. The first-order valence-electron chi connectivity index (χ1n) is 8.66. The molecule has 0 spiro atoms. The molecule has 4 bridgehead atoms. The highest BCUT2D eigenvalue weighted by Gasteiger charge is 2.62. The predicted octanol–water partition coefficient (Wildman–Crippen LogP) is 3.65. The molecule has 1 saturated heterocycles. The van der Waals surface area contributed by atoms with Gasteiger partial charge in [0.05, 0.1) is 6.54 Å². The van der Waals surface area contributed by atoms with Crippen molar-refractivity contribution in [3.8, 4) is 0 Å². The van der Waals surface area contributed by atoms with E-state index in [0.29, 0.717) is 16.6 Å². The molecule has 4 aliphatic carbocycles. The van der Waals surface area contributed by atoms with Gasteiger partial charge >= 0.3 is 0 Å². The van der Waals surface area contributed by atoms with Crippen LogP contribution in [0.25, 0.3) is 0 Å². The van der Waals surface area contributed by atoms with Gasteiger partial charge in [0.15, 0.2) is 5.78 Å². The van der Waals surface area contributed by atoms with Crippen molar-refractivity contribution in [3.63, 3.8) is 0 Å². The molecule has 1 heterocycles. The van der Waals surface area contributed by atoms with Crippen LogP contribution in [0.15, 0.2) is 0 Å². The molecule has 0 N–H and O–H groups in total. The van der Waals surface area contributed by atoms with Crippen LogP contribution in [0.2, 0.25) is 0 Å². The molecule has 0 radical (unpaired) electrons. The number of nitrogens with zero attached hydrogens (tertiary/aromatic N) is 1. The predicted molar refractivity (Wildman–Crippen MR) is 80.5 cm³/mol. The fourth-order valence-electron chi connectivity index (χ4n) is 7.07. The largest absolute Gasteiger partial charge is 0.298 e. The number of hydrogen-bond donors (Lipinski definition) is 0. The number of ketones is 1. The zero-order valence-electron chi connectivity index (χ0n) is 13.2.